The second kappa shape index (κ2) is 6.55. The third-order valence-electron chi connectivity index (χ3n) is 3.75. The fourth-order valence-electron chi connectivity index (χ4n) is 2.55. The zero-order valence-electron chi connectivity index (χ0n) is 12.0. The van der Waals surface area contributed by atoms with E-state index < -0.39 is 0 Å². The molecule has 1 N–H and O–H groups in total. The average Bonchev–Trinajstić information content (AvgIpc) is 2.70. The molecule has 1 unspecified atom stereocenters. The number of nitrogens with one attached hydrogen (secondary N) is 1. The first kappa shape index (κ1) is 15.5. The van der Waals surface area contributed by atoms with Crippen LogP contribution in [-0.4, -0.2) is 29.0 Å². The summed E-state index contributed by atoms with van der Waals surface area (Å²) in [6.07, 6.45) is 3.52. The Morgan fingerprint density at radius 3 is 2.39 bits per heavy atom. The Labute approximate surface area is 115 Å². The summed E-state index contributed by atoms with van der Waals surface area (Å²) in [7, 11) is 3.68. The lowest BCUT2D eigenvalue weighted by molar-refractivity contribution is -0.0501. The maximum Gasteiger partial charge on any atom is 0.0883 e. The number of rotatable bonds is 7. The Balaban J connectivity index is 3.24. The second-order valence-corrected chi connectivity index (χ2v) is 4.88. The predicted molar refractivity (Wildman–Crippen MR) is 75.0 cm³/mol. The molecule has 0 aliphatic heterocycles. The molecule has 0 radical (unpaired) electrons. The first-order valence-corrected chi connectivity index (χ1v) is 6.90. The maximum atomic E-state index is 6.27. The minimum absolute atomic E-state index is 0.0440. The van der Waals surface area contributed by atoms with Gasteiger partial charge in [0.2, 0.25) is 0 Å². The molecule has 0 saturated heterocycles. The molecule has 0 fully saturated rings. The standard InChI is InChI=1S/C13H24ClN3O/c1-6-13(7-2,18-5)12(15-8-3)11-10(14)9-16-17(11)4/h9,12,15H,6-8H2,1-5H3. The molecular weight excluding hydrogens is 250 g/mol. The van der Waals surface area contributed by atoms with Crippen LogP contribution < -0.4 is 5.32 Å². The van der Waals surface area contributed by atoms with Crippen molar-refractivity contribution in [3.63, 3.8) is 0 Å². The lowest BCUT2D eigenvalue weighted by Gasteiger charge is -2.39. The number of methoxy groups -OCH3 is 1. The van der Waals surface area contributed by atoms with E-state index in [1.807, 2.05) is 11.7 Å². The Morgan fingerprint density at radius 1 is 1.44 bits per heavy atom. The van der Waals surface area contributed by atoms with Gasteiger partial charge in [-0.25, -0.2) is 0 Å². The van der Waals surface area contributed by atoms with E-state index in [0.29, 0.717) is 5.02 Å². The van der Waals surface area contributed by atoms with Gasteiger partial charge >= 0.3 is 0 Å². The summed E-state index contributed by atoms with van der Waals surface area (Å²) in [4.78, 5) is 0. The van der Waals surface area contributed by atoms with Crippen molar-refractivity contribution in [3.8, 4) is 0 Å². The number of aromatic nitrogens is 2. The van der Waals surface area contributed by atoms with E-state index in [1.54, 1.807) is 13.3 Å². The molecule has 1 aromatic heterocycles. The molecule has 1 aromatic rings. The third-order valence-corrected chi connectivity index (χ3v) is 4.04. The van der Waals surface area contributed by atoms with E-state index in [2.05, 4.69) is 31.2 Å². The molecule has 0 aliphatic carbocycles. The van der Waals surface area contributed by atoms with Crippen LogP contribution in [0.25, 0.3) is 0 Å². The van der Waals surface area contributed by atoms with Gasteiger partial charge in [-0.3, -0.25) is 4.68 Å². The number of hydrogen-bond acceptors (Lipinski definition) is 3. The van der Waals surface area contributed by atoms with Gasteiger partial charge in [0, 0.05) is 14.2 Å². The Morgan fingerprint density at radius 2 is 2.06 bits per heavy atom. The van der Waals surface area contributed by atoms with Gasteiger partial charge in [0.25, 0.3) is 0 Å². The molecule has 5 heteroatoms. The molecule has 0 amide bonds. The van der Waals surface area contributed by atoms with Crippen LogP contribution in [0.15, 0.2) is 6.20 Å². The van der Waals surface area contributed by atoms with Crippen LogP contribution in [0, 0.1) is 0 Å². The average molecular weight is 274 g/mol. The Kier molecular flexibility index (Phi) is 5.63. The highest BCUT2D eigenvalue weighted by molar-refractivity contribution is 6.31. The molecule has 0 aliphatic rings. The number of ether oxygens (including phenoxy) is 1. The van der Waals surface area contributed by atoms with Crippen LogP contribution in [-0.2, 0) is 11.8 Å². The van der Waals surface area contributed by atoms with Crippen molar-refractivity contribution < 1.29 is 4.74 Å². The van der Waals surface area contributed by atoms with Crippen molar-refractivity contribution in [2.45, 2.75) is 45.3 Å². The number of likely N-dealkylation sites (N-methyl/N-ethyl adjacent to an activating group) is 1. The molecule has 1 rings (SSSR count). The first-order valence-electron chi connectivity index (χ1n) is 6.52. The fourth-order valence-corrected chi connectivity index (χ4v) is 2.82. The van der Waals surface area contributed by atoms with E-state index in [4.69, 9.17) is 16.3 Å². The predicted octanol–water partition coefficient (Wildman–Crippen LogP) is 2.93. The lowest BCUT2D eigenvalue weighted by Crippen LogP contribution is -2.45. The topological polar surface area (TPSA) is 39.1 Å². The van der Waals surface area contributed by atoms with Gasteiger partial charge in [-0.15, -0.1) is 0 Å². The van der Waals surface area contributed by atoms with E-state index in [0.717, 1.165) is 25.1 Å². The fraction of sp³-hybridized carbons (Fsp3) is 0.769. The van der Waals surface area contributed by atoms with Crippen LogP contribution in [0.2, 0.25) is 5.02 Å². The Bertz CT molecular complexity index is 347. The number of halogens is 1. The van der Waals surface area contributed by atoms with Crippen LogP contribution in [0.3, 0.4) is 0 Å². The molecule has 1 atom stereocenters. The van der Waals surface area contributed by atoms with Gasteiger partial charge in [0.1, 0.15) is 0 Å². The lowest BCUT2D eigenvalue weighted by atomic mass is 9.86. The second-order valence-electron chi connectivity index (χ2n) is 4.47. The first-order chi connectivity index (χ1) is 8.56. The summed E-state index contributed by atoms with van der Waals surface area (Å²) in [5.74, 6) is 0. The van der Waals surface area contributed by atoms with Crippen molar-refractivity contribution in [1.29, 1.82) is 0 Å². The van der Waals surface area contributed by atoms with E-state index in [-0.39, 0.29) is 11.6 Å². The van der Waals surface area contributed by atoms with Crippen molar-refractivity contribution in [1.82, 2.24) is 15.1 Å². The van der Waals surface area contributed by atoms with Gasteiger partial charge < -0.3 is 10.1 Å². The number of aryl methyl sites for hydroxylation is 1. The van der Waals surface area contributed by atoms with Crippen LogP contribution in [0.4, 0.5) is 0 Å². The maximum absolute atomic E-state index is 6.27. The molecule has 4 nitrogen and oxygen atoms in total. The van der Waals surface area contributed by atoms with E-state index in [9.17, 15) is 0 Å². The number of nitrogens with zero attached hydrogens (tertiary/aromatic N) is 2. The summed E-state index contributed by atoms with van der Waals surface area (Å²) in [6.45, 7) is 7.23. The quantitative estimate of drug-likeness (QED) is 0.830. The summed E-state index contributed by atoms with van der Waals surface area (Å²) < 4.78 is 7.65. The number of hydrogen-bond donors (Lipinski definition) is 1. The van der Waals surface area contributed by atoms with Crippen molar-refractivity contribution >= 4 is 11.6 Å². The SMILES string of the molecule is CCNC(c1c(Cl)cnn1C)C(CC)(CC)OC. The van der Waals surface area contributed by atoms with Gasteiger partial charge in [-0.2, -0.15) is 5.10 Å². The van der Waals surface area contributed by atoms with Gasteiger partial charge in [0.15, 0.2) is 0 Å². The molecule has 0 bridgehead atoms. The Hall–Kier alpha value is -0.580. The van der Waals surface area contributed by atoms with Crippen molar-refractivity contribution in [2.24, 2.45) is 7.05 Å². The van der Waals surface area contributed by atoms with Gasteiger partial charge in [-0.05, 0) is 19.4 Å². The zero-order chi connectivity index (χ0) is 13.8. The van der Waals surface area contributed by atoms with Crippen LogP contribution in [0.1, 0.15) is 45.3 Å². The molecule has 18 heavy (non-hydrogen) atoms. The highest BCUT2D eigenvalue weighted by atomic mass is 35.5. The molecule has 104 valence electrons. The largest absolute Gasteiger partial charge is 0.376 e. The molecular formula is C13H24ClN3O. The molecule has 0 aromatic carbocycles. The normalized spacial score (nSPS) is 13.9. The van der Waals surface area contributed by atoms with E-state index >= 15 is 0 Å². The summed E-state index contributed by atoms with van der Waals surface area (Å²) in [5.41, 5.74) is 0.733. The smallest absolute Gasteiger partial charge is 0.0883 e. The third kappa shape index (κ3) is 2.71. The monoisotopic (exact) mass is 273 g/mol. The van der Waals surface area contributed by atoms with Crippen LogP contribution >= 0.6 is 11.6 Å². The highest BCUT2D eigenvalue weighted by Gasteiger charge is 2.39. The minimum atomic E-state index is -0.257. The van der Waals surface area contributed by atoms with Crippen LogP contribution in [0.5, 0.6) is 0 Å². The van der Waals surface area contributed by atoms with E-state index in [1.165, 1.54) is 0 Å². The molecule has 0 spiro atoms. The van der Waals surface area contributed by atoms with Crippen molar-refractivity contribution in [3.05, 3.63) is 16.9 Å². The summed E-state index contributed by atoms with van der Waals surface area (Å²) >= 11 is 6.27. The van der Waals surface area contributed by atoms with Gasteiger partial charge in [0.05, 0.1) is 28.6 Å². The molecule has 0 saturated carbocycles. The highest BCUT2D eigenvalue weighted by Crippen LogP contribution is 2.37. The minimum Gasteiger partial charge on any atom is -0.376 e. The van der Waals surface area contributed by atoms with Gasteiger partial charge in [-0.1, -0.05) is 32.4 Å². The van der Waals surface area contributed by atoms with Crippen molar-refractivity contribution in [2.75, 3.05) is 13.7 Å². The summed E-state index contributed by atoms with van der Waals surface area (Å²) in [6, 6.07) is 0.0440. The summed E-state index contributed by atoms with van der Waals surface area (Å²) in [5, 5.41) is 8.40. The zero-order valence-corrected chi connectivity index (χ0v) is 12.7. The molecule has 1 heterocycles.